The Morgan fingerprint density at radius 3 is 2.90 bits per heavy atom. The molecule has 1 saturated heterocycles. The summed E-state index contributed by atoms with van der Waals surface area (Å²) in [6.07, 6.45) is 2.23. The second-order valence-corrected chi connectivity index (χ2v) is 4.94. The molecule has 1 aromatic carbocycles. The molecule has 1 aromatic rings. The topological polar surface area (TPSA) is 87.2 Å². The van der Waals surface area contributed by atoms with Crippen LogP contribution in [0.5, 0.6) is 0 Å². The van der Waals surface area contributed by atoms with E-state index in [0.717, 1.165) is 12.8 Å². The summed E-state index contributed by atoms with van der Waals surface area (Å²) in [6.45, 7) is 0.416. The van der Waals surface area contributed by atoms with Gasteiger partial charge in [0.2, 0.25) is 0 Å². The fourth-order valence-electron chi connectivity index (χ4n) is 2.33. The van der Waals surface area contributed by atoms with Gasteiger partial charge in [0.1, 0.15) is 11.6 Å². The number of amides is 1. The molecular weight excluding hydrogens is 282 g/mol. The summed E-state index contributed by atoms with van der Waals surface area (Å²) in [5.74, 6) is -0.548. The molecule has 1 aliphatic rings. The first-order chi connectivity index (χ1) is 9.56. The van der Waals surface area contributed by atoms with Crippen LogP contribution in [-0.4, -0.2) is 28.3 Å². The van der Waals surface area contributed by atoms with Gasteiger partial charge in [-0.15, -0.1) is 0 Å². The van der Waals surface area contributed by atoms with Gasteiger partial charge in [-0.2, -0.15) is 5.26 Å². The van der Waals surface area contributed by atoms with E-state index in [1.807, 2.05) is 0 Å². The first-order valence-electron chi connectivity index (χ1n) is 6.19. The fourth-order valence-corrected chi connectivity index (χ4v) is 2.58. The van der Waals surface area contributed by atoms with Crippen LogP contribution in [0.25, 0.3) is 0 Å². The molecule has 1 unspecified atom stereocenters. The minimum absolute atomic E-state index is 0.0338. The van der Waals surface area contributed by atoms with Crippen molar-refractivity contribution in [3.8, 4) is 6.07 Å². The number of halogens is 1. The van der Waals surface area contributed by atoms with Crippen molar-refractivity contribution in [2.45, 2.75) is 25.3 Å². The SMILES string of the molecule is N#CC1CCCCN1C(=O)c1c(Cl)cccc1[N+](=O)[O-]. The monoisotopic (exact) mass is 293 g/mol. The number of carbonyl (C=O) groups excluding carboxylic acids is 1. The largest absolute Gasteiger partial charge is 0.322 e. The highest BCUT2D eigenvalue weighted by Crippen LogP contribution is 2.29. The number of nitriles is 1. The van der Waals surface area contributed by atoms with Gasteiger partial charge in [-0.25, -0.2) is 0 Å². The Morgan fingerprint density at radius 2 is 2.25 bits per heavy atom. The van der Waals surface area contributed by atoms with Gasteiger partial charge < -0.3 is 4.90 Å². The third-order valence-electron chi connectivity index (χ3n) is 3.31. The summed E-state index contributed by atoms with van der Waals surface area (Å²) < 4.78 is 0. The van der Waals surface area contributed by atoms with Crippen molar-refractivity contribution in [3.63, 3.8) is 0 Å². The molecule has 0 saturated carbocycles. The number of hydrogen-bond acceptors (Lipinski definition) is 4. The first-order valence-corrected chi connectivity index (χ1v) is 6.57. The molecule has 20 heavy (non-hydrogen) atoms. The Bertz CT molecular complexity index is 597. The maximum atomic E-state index is 12.5. The Morgan fingerprint density at radius 1 is 1.50 bits per heavy atom. The Kier molecular flexibility index (Phi) is 4.20. The zero-order valence-corrected chi connectivity index (χ0v) is 11.3. The van der Waals surface area contributed by atoms with Crippen LogP contribution in [0, 0.1) is 21.4 Å². The highest BCUT2D eigenvalue weighted by atomic mass is 35.5. The highest BCUT2D eigenvalue weighted by molar-refractivity contribution is 6.34. The van der Waals surface area contributed by atoms with E-state index in [-0.39, 0.29) is 16.3 Å². The van der Waals surface area contributed by atoms with Crippen LogP contribution in [-0.2, 0) is 0 Å². The minimum Gasteiger partial charge on any atom is -0.322 e. The summed E-state index contributed by atoms with van der Waals surface area (Å²) in [7, 11) is 0. The first kappa shape index (κ1) is 14.3. The van der Waals surface area contributed by atoms with Crippen molar-refractivity contribution in [2.75, 3.05) is 6.54 Å². The average molecular weight is 294 g/mol. The van der Waals surface area contributed by atoms with Crippen LogP contribution in [0.4, 0.5) is 5.69 Å². The van der Waals surface area contributed by atoms with Crippen molar-refractivity contribution in [3.05, 3.63) is 38.9 Å². The van der Waals surface area contributed by atoms with Crippen LogP contribution in [0.3, 0.4) is 0 Å². The van der Waals surface area contributed by atoms with Crippen LogP contribution in [0.1, 0.15) is 29.6 Å². The van der Waals surface area contributed by atoms with Crippen molar-refractivity contribution in [1.29, 1.82) is 5.26 Å². The van der Waals surface area contributed by atoms with Crippen LogP contribution >= 0.6 is 11.6 Å². The number of likely N-dealkylation sites (tertiary alicyclic amines) is 1. The third kappa shape index (κ3) is 2.58. The molecule has 7 heteroatoms. The van der Waals surface area contributed by atoms with E-state index >= 15 is 0 Å². The number of piperidine rings is 1. The van der Waals surface area contributed by atoms with E-state index in [0.29, 0.717) is 13.0 Å². The zero-order chi connectivity index (χ0) is 14.7. The van der Waals surface area contributed by atoms with Crippen molar-refractivity contribution < 1.29 is 9.72 Å². The van der Waals surface area contributed by atoms with Gasteiger partial charge in [-0.3, -0.25) is 14.9 Å². The molecule has 1 atom stereocenters. The molecule has 1 aliphatic heterocycles. The van der Waals surface area contributed by atoms with E-state index in [9.17, 15) is 14.9 Å². The second-order valence-electron chi connectivity index (χ2n) is 4.53. The van der Waals surface area contributed by atoms with Crippen LogP contribution in [0.15, 0.2) is 18.2 Å². The van der Waals surface area contributed by atoms with Gasteiger partial charge in [0.05, 0.1) is 16.0 Å². The van der Waals surface area contributed by atoms with Gasteiger partial charge in [-0.05, 0) is 25.3 Å². The van der Waals surface area contributed by atoms with Crippen molar-refractivity contribution in [1.82, 2.24) is 4.90 Å². The summed E-state index contributed by atoms with van der Waals surface area (Å²) in [6, 6.07) is 5.62. The predicted octanol–water partition coefficient (Wildman–Crippen LogP) is 2.77. The summed E-state index contributed by atoms with van der Waals surface area (Å²) >= 11 is 5.94. The second kappa shape index (κ2) is 5.88. The Balaban J connectivity index is 2.43. The number of carbonyl (C=O) groups is 1. The molecule has 1 fully saturated rings. The van der Waals surface area contributed by atoms with Gasteiger partial charge in [-0.1, -0.05) is 17.7 Å². The maximum Gasteiger partial charge on any atom is 0.283 e. The summed E-state index contributed by atoms with van der Waals surface area (Å²) in [5.41, 5.74) is -0.467. The number of nitro groups is 1. The molecule has 0 aromatic heterocycles. The fraction of sp³-hybridized carbons (Fsp3) is 0.385. The number of benzene rings is 1. The van der Waals surface area contributed by atoms with Crippen molar-refractivity contribution in [2.24, 2.45) is 0 Å². The van der Waals surface area contributed by atoms with E-state index < -0.39 is 16.9 Å². The van der Waals surface area contributed by atoms with Crippen LogP contribution in [0.2, 0.25) is 5.02 Å². The zero-order valence-electron chi connectivity index (χ0n) is 10.6. The quantitative estimate of drug-likeness (QED) is 0.619. The Labute approximate surface area is 120 Å². The highest BCUT2D eigenvalue weighted by Gasteiger charge is 2.32. The van der Waals surface area contributed by atoms with Gasteiger partial charge in [0, 0.05) is 12.6 Å². The average Bonchev–Trinajstić information content (AvgIpc) is 2.46. The predicted molar refractivity (Wildman–Crippen MR) is 72.4 cm³/mol. The minimum atomic E-state index is -0.634. The summed E-state index contributed by atoms with van der Waals surface area (Å²) in [5, 5.41) is 20.2. The molecule has 0 N–H and O–H groups in total. The molecule has 0 aliphatic carbocycles. The number of nitro benzene ring substituents is 1. The van der Waals surface area contributed by atoms with Gasteiger partial charge >= 0.3 is 0 Å². The third-order valence-corrected chi connectivity index (χ3v) is 3.63. The maximum absolute atomic E-state index is 12.5. The molecule has 1 amide bonds. The molecule has 2 rings (SSSR count). The van der Waals surface area contributed by atoms with E-state index in [2.05, 4.69) is 6.07 Å². The molecule has 104 valence electrons. The number of nitrogens with zero attached hydrogens (tertiary/aromatic N) is 3. The number of rotatable bonds is 2. The molecular formula is C13H12ClN3O3. The van der Waals surface area contributed by atoms with Gasteiger partial charge in [0.25, 0.3) is 11.6 Å². The molecule has 0 bridgehead atoms. The molecule has 6 nitrogen and oxygen atoms in total. The van der Waals surface area contributed by atoms with E-state index in [1.165, 1.54) is 23.1 Å². The summed E-state index contributed by atoms with van der Waals surface area (Å²) in [4.78, 5) is 24.3. The van der Waals surface area contributed by atoms with E-state index in [1.54, 1.807) is 0 Å². The van der Waals surface area contributed by atoms with Crippen molar-refractivity contribution >= 4 is 23.2 Å². The smallest absolute Gasteiger partial charge is 0.283 e. The van der Waals surface area contributed by atoms with E-state index in [4.69, 9.17) is 16.9 Å². The molecule has 0 spiro atoms. The van der Waals surface area contributed by atoms with Crippen LogP contribution < -0.4 is 0 Å². The normalized spacial score (nSPS) is 18.4. The lowest BCUT2D eigenvalue weighted by atomic mass is 10.0. The standard InChI is InChI=1S/C13H12ClN3O3/c14-10-5-3-6-11(17(19)20)12(10)13(18)16-7-2-1-4-9(16)8-15/h3,5-6,9H,1-2,4,7H2. The Hall–Kier alpha value is -2.13. The lowest BCUT2D eigenvalue weighted by Crippen LogP contribution is -2.43. The van der Waals surface area contributed by atoms with Gasteiger partial charge in [0.15, 0.2) is 0 Å². The lowest BCUT2D eigenvalue weighted by Gasteiger charge is -2.31. The lowest BCUT2D eigenvalue weighted by molar-refractivity contribution is -0.385. The number of hydrogen-bond donors (Lipinski definition) is 0. The molecule has 1 heterocycles. The molecule has 0 radical (unpaired) electrons.